The molecule has 4 atom stereocenters. The molecule has 3 aliphatic rings. The predicted octanol–water partition coefficient (Wildman–Crippen LogP) is 3.53. The number of fused-ring (bicyclic) bond motifs is 4. The molecule has 0 spiro atoms. The molecule has 30 heavy (non-hydrogen) atoms. The van der Waals surface area contributed by atoms with Gasteiger partial charge in [0.1, 0.15) is 5.82 Å². The van der Waals surface area contributed by atoms with Crippen molar-refractivity contribution in [3.8, 4) is 0 Å². The Morgan fingerprint density at radius 2 is 2.17 bits per heavy atom. The molecule has 5 rings (SSSR count). The Bertz CT molecular complexity index is 977. The van der Waals surface area contributed by atoms with Crippen molar-refractivity contribution in [1.82, 2.24) is 20.9 Å². The lowest BCUT2D eigenvalue weighted by Gasteiger charge is -2.24. The van der Waals surface area contributed by atoms with Crippen LogP contribution in [0.4, 0.5) is 9.18 Å². The number of amides is 3. The summed E-state index contributed by atoms with van der Waals surface area (Å²) in [5.41, 5.74) is 3.11. The number of aryl methyl sites for hydroxylation is 1. The standard InChI is InChI=1S/C22H27FN4O2S/c23-12-8-9-15-14(10-12)13-4-3-5-16(20(13)25-15)24-19(28)7-2-1-6-18-21-17(11-30-18)26-22(29)27-21/h8-10,16-18,21,25H,1-7,11H2,(H,24,28)(H2,26,27,29)/t16-,17-,18+,21-/m0/s1. The van der Waals surface area contributed by atoms with E-state index in [4.69, 9.17) is 0 Å². The van der Waals surface area contributed by atoms with E-state index < -0.39 is 0 Å². The van der Waals surface area contributed by atoms with E-state index in [1.54, 1.807) is 12.1 Å². The SMILES string of the molecule is O=C(CCCC[C@H]1SC[C@@H]2NC(=O)N[C@@H]21)N[C@H]1CCCc2c1[nH]c1ccc(F)cc21. The minimum atomic E-state index is -0.227. The Labute approximate surface area is 179 Å². The minimum Gasteiger partial charge on any atom is -0.356 e. The van der Waals surface area contributed by atoms with Gasteiger partial charge in [0.05, 0.1) is 18.1 Å². The number of aromatic amines is 1. The van der Waals surface area contributed by atoms with Crippen LogP contribution in [-0.4, -0.2) is 40.0 Å². The van der Waals surface area contributed by atoms with Gasteiger partial charge in [-0.15, -0.1) is 0 Å². The van der Waals surface area contributed by atoms with E-state index >= 15 is 0 Å². The third kappa shape index (κ3) is 3.77. The fraction of sp³-hybridized carbons (Fsp3) is 0.545. The topological polar surface area (TPSA) is 86.0 Å². The van der Waals surface area contributed by atoms with Crippen LogP contribution in [-0.2, 0) is 11.2 Å². The van der Waals surface area contributed by atoms with Gasteiger partial charge in [-0.2, -0.15) is 11.8 Å². The number of unbranched alkanes of at least 4 members (excludes halogenated alkanes) is 1. The quantitative estimate of drug-likeness (QED) is 0.418. The van der Waals surface area contributed by atoms with Crippen LogP contribution in [0.25, 0.3) is 10.9 Å². The van der Waals surface area contributed by atoms with Crippen molar-refractivity contribution < 1.29 is 14.0 Å². The van der Waals surface area contributed by atoms with Crippen LogP contribution >= 0.6 is 11.8 Å². The van der Waals surface area contributed by atoms with Crippen molar-refractivity contribution in [2.24, 2.45) is 0 Å². The zero-order valence-corrected chi connectivity index (χ0v) is 17.6. The summed E-state index contributed by atoms with van der Waals surface area (Å²) in [4.78, 5) is 27.4. The van der Waals surface area contributed by atoms with Gasteiger partial charge in [0.15, 0.2) is 0 Å². The van der Waals surface area contributed by atoms with Crippen molar-refractivity contribution in [3.05, 3.63) is 35.3 Å². The molecule has 0 radical (unpaired) electrons. The fourth-order valence-corrected chi connectivity index (χ4v) is 6.66. The van der Waals surface area contributed by atoms with Gasteiger partial charge in [0.2, 0.25) is 5.91 Å². The van der Waals surface area contributed by atoms with E-state index in [1.807, 2.05) is 11.8 Å². The van der Waals surface area contributed by atoms with E-state index in [9.17, 15) is 14.0 Å². The summed E-state index contributed by atoms with van der Waals surface area (Å²) < 4.78 is 13.7. The highest BCUT2D eigenvalue weighted by Gasteiger charge is 2.42. The molecule has 0 saturated carbocycles. The summed E-state index contributed by atoms with van der Waals surface area (Å²) in [5.74, 6) is 0.813. The first-order chi connectivity index (χ1) is 14.6. The van der Waals surface area contributed by atoms with Crippen molar-refractivity contribution >= 4 is 34.6 Å². The Hall–Kier alpha value is -2.22. The number of benzene rings is 1. The lowest BCUT2D eigenvalue weighted by atomic mass is 9.91. The number of nitrogens with one attached hydrogen (secondary N) is 4. The fourth-order valence-electron chi connectivity index (χ4n) is 5.12. The van der Waals surface area contributed by atoms with Crippen LogP contribution in [0.3, 0.4) is 0 Å². The number of hydrogen-bond acceptors (Lipinski definition) is 3. The van der Waals surface area contributed by atoms with Crippen molar-refractivity contribution in [2.45, 2.75) is 68.3 Å². The third-order valence-electron chi connectivity index (χ3n) is 6.59. The predicted molar refractivity (Wildman–Crippen MR) is 116 cm³/mol. The summed E-state index contributed by atoms with van der Waals surface area (Å²) in [5, 5.41) is 10.5. The molecule has 3 heterocycles. The Balaban J connectivity index is 1.13. The summed E-state index contributed by atoms with van der Waals surface area (Å²) >= 11 is 1.91. The van der Waals surface area contributed by atoms with Gasteiger partial charge in [-0.1, -0.05) is 6.42 Å². The van der Waals surface area contributed by atoms with Crippen molar-refractivity contribution in [2.75, 3.05) is 5.75 Å². The van der Waals surface area contributed by atoms with Gasteiger partial charge in [-0.05, 0) is 55.9 Å². The molecule has 160 valence electrons. The molecule has 1 aliphatic carbocycles. The number of thioether (sulfide) groups is 1. The molecule has 2 aliphatic heterocycles. The lowest BCUT2D eigenvalue weighted by Crippen LogP contribution is -2.36. The third-order valence-corrected chi connectivity index (χ3v) is 8.09. The Kier molecular flexibility index (Phi) is 5.35. The molecular weight excluding hydrogens is 403 g/mol. The molecule has 2 aromatic rings. The van der Waals surface area contributed by atoms with Gasteiger partial charge in [0, 0.05) is 34.0 Å². The summed E-state index contributed by atoms with van der Waals surface area (Å²) in [6.07, 6.45) is 6.16. The van der Waals surface area contributed by atoms with Gasteiger partial charge in [-0.3, -0.25) is 4.79 Å². The van der Waals surface area contributed by atoms with Crippen LogP contribution < -0.4 is 16.0 Å². The summed E-state index contributed by atoms with van der Waals surface area (Å²) in [6, 6.07) is 5.22. The second-order valence-corrected chi connectivity index (χ2v) is 9.86. The number of carbonyl (C=O) groups is 2. The molecule has 8 heteroatoms. The number of halogens is 1. The monoisotopic (exact) mass is 430 g/mol. The van der Waals surface area contributed by atoms with Gasteiger partial charge >= 0.3 is 6.03 Å². The van der Waals surface area contributed by atoms with Crippen molar-refractivity contribution in [3.63, 3.8) is 0 Å². The van der Waals surface area contributed by atoms with Crippen LogP contribution in [0, 0.1) is 5.82 Å². The largest absolute Gasteiger partial charge is 0.356 e. The smallest absolute Gasteiger partial charge is 0.315 e. The highest BCUT2D eigenvalue weighted by Crippen LogP contribution is 2.35. The first kappa shape index (κ1) is 19.7. The number of urea groups is 1. The van der Waals surface area contributed by atoms with E-state index in [-0.39, 0.29) is 35.9 Å². The van der Waals surface area contributed by atoms with E-state index in [1.165, 1.54) is 6.07 Å². The highest BCUT2D eigenvalue weighted by atomic mass is 32.2. The number of carbonyl (C=O) groups excluding carboxylic acids is 2. The second-order valence-electron chi connectivity index (χ2n) is 8.59. The molecule has 3 amide bonds. The Morgan fingerprint density at radius 3 is 3.07 bits per heavy atom. The molecule has 0 unspecified atom stereocenters. The van der Waals surface area contributed by atoms with E-state index in [0.29, 0.717) is 11.7 Å². The zero-order valence-electron chi connectivity index (χ0n) is 16.8. The lowest BCUT2D eigenvalue weighted by molar-refractivity contribution is -0.122. The number of H-pyrrole nitrogens is 1. The molecule has 2 saturated heterocycles. The first-order valence-corrected chi connectivity index (χ1v) is 11.9. The highest BCUT2D eigenvalue weighted by molar-refractivity contribution is 8.00. The molecular formula is C22H27FN4O2S. The molecule has 2 fully saturated rings. The second kappa shape index (κ2) is 8.13. The molecule has 0 bridgehead atoms. The normalized spacial score (nSPS) is 27.4. The number of hydrogen-bond donors (Lipinski definition) is 4. The minimum absolute atomic E-state index is 0.0253. The summed E-state index contributed by atoms with van der Waals surface area (Å²) in [6.45, 7) is 0. The van der Waals surface area contributed by atoms with Crippen LogP contribution in [0.5, 0.6) is 0 Å². The van der Waals surface area contributed by atoms with Gasteiger partial charge < -0.3 is 20.9 Å². The molecule has 1 aromatic carbocycles. The van der Waals surface area contributed by atoms with Crippen LogP contribution in [0.2, 0.25) is 0 Å². The van der Waals surface area contributed by atoms with E-state index in [2.05, 4.69) is 20.9 Å². The van der Waals surface area contributed by atoms with Crippen LogP contribution in [0.15, 0.2) is 18.2 Å². The molecule has 1 aromatic heterocycles. The number of rotatable bonds is 6. The number of aromatic nitrogens is 1. The van der Waals surface area contributed by atoms with Crippen LogP contribution in [0.1, 0.15) is 55.8 Å². The van der Waals surface area contributed by atoms with Crippen molar-refractivity contribution in [1.29, 1.82) is 0 Å². The average molecular weight is 431 g/mol. The summed E-state index contributed by atoms with van der Waals surface area (Å²) in [7, 11) is 0. The zero-order chi connectivity index (χ0) is 20.7. The first-order valence-electron chi connectivity index (χ1n) is 10.9. The average Bonchev–Trinajstić information content (AvgIpc) is 3.38. The van der Waals surface area contributed by atoms with E-state index in [0.717, 1.165) is 66.4 Å². The molecule has 6 nitrogen and oxygen atoms in total. The van der Waals surface area contributed by atoms with Gasteiger partial charge in [-0.25, -0.2) is 9.18 Å². The molecule has 4 N–H and O–H groups in total. The maximum Gasteiger partial charge on any atom is 0.315 e. The van der Waals surface area contributed by atoms with Gasteiger partial charge in [0.25, 0.3) is 0 Å². The maximum absolute atomic E-state index is 13.7. The maximum atomic E-state index is 13.7. The Morgan fingerprint density at radius 1 is 1.27 bits per heavy atom.